The Balaban J connectivity index is 1.92. The molecule has 0 unspecified atom stereocenters. The Bertz CT molecular complexity index is 1110. The quantitative estimate of drug-likeness (QED) is 0.640. The van der Waals surface area contributed by atoms with E-state index in [9.17, 15) is 8.42 Å². The molecule has 0 amide bonds. The minimum Gasteiger partial charge on any atom is -0.378 e. The van der Waals surface area contributed by atoms with Crippen LogP contribution in [0.25, 0.3) is 22.4 Å². The summed E-state index contributed by atoms with van der Waals surface area (Å²) in [4.78, 5) is 19.3. The van der Waals surface area contributed by atoms with E-state index in [1.54, 1.807) is 18.2 Å². The van der Waals surface area contributed by atoms with Crippen molar-refractivity contribution in [2.45, 2.75) is 4.90 Å². The molecule has 10 nitrogen and oxygen atoms in total. The van der Waals surface area contributed by atoms with Gasteiger partial charge in [0.2, 0.25) is 16.0 Å². The van der Waals surface area contributed by atoms with Crippen LogP contribution in [0, 0.1) is 0 Å². The molecule has 3 heterocycles. The molecule has 3 aromatic rings. The molecule has 4 N–H and O–H groups in total. The van der Waals surface area contributed by atoms with Gasteiger partial charge in [0.1, 0.15) is 0 Å². The van der Waals surface area contributed by atoms with Gasteiger partial charge in [0, 0.05) is 18.7 Å². The van der Waals surface area contributed by atoms with Gasteiger partial charge in [0.15, 0.2) is 17.0 Å². The minimum absolute atomic E-state index is 0.0251. The van der Waals surface area contributed by atoms with Crippen molar-refractivity contribution >= 4 is 33.0 Å². The summed E-state index contributed by atoms with van der Waals surface area (Å²) >= 11 is 0. The Kier molecular flexibility index (Phi) is 4.34. The molecular formula is C16H17N7O3S. The second kappa shape index (κ2) is 6.68. The number of benzene rings is 1. The van der Waals surface area contributed by atoms with Gasteiger partial charge in [-0.05, 0) is 6.07 Å². The van der Waals surface area contributed by atoms with Gasteiger partial charge < -0.3 is 15.4 Å². The lowest BCUT2D eigenvalue weighted by atomic mass is 10.1. The van der Waals surface area contributed by atoms with Gasteiger partial charge in [0.05, 0.1) is 30.0 Å². The molecule has 0 atom stereocenters. The summed E-state index contributed by atoms with van der Waals surface area (Å²) in [5.74, 6) is 0.638. The highest BCUT2D eigenvalue weighted by molar-refractivity contribution is 7.89. The SMILES string of the molecule is Nc1nc(N2CCOCC2)c2nc(-c3ccccc3S(N)(=O)=O)cnc2n1. The Morgan fingerprint density at radius 1 is 1.07 bits per heavy atom. The molecule has 0 aliphatic carbocycles. The maximum atomic E-state index is 11.9. The molecule has 1 aliphatic heterocycles. The summed E-state index contributed by atoms with van der Waals surface area (Å²) < 4.78 is 29.2. The van der Waals surface area contributed by atoms with Gasteiger partial charge in [-0.2, -0.15) is 9.97 Å². The number of ether oxygens (including phenoxy) is 1. The van der Waals surface area contributed by atoms with Crippen LogP contribution in [-0.4, -0.2) is 54.7 Å². The summed E-state index contributed by atoms with van der Waals surface area (Å²) in [6.45, 7) is 2.38. The number of fused-ring (bicyclic) bond motifs is 1. The third-order valence-electron chi connectivity index (χ3n) is 4.19. The van der Waals surface area contributed by atoms with E-state index < -0.39 is 10.0 Å². The number of primary sulfonamides is 1. The van der Waals surface area contributed by atoms with E-state index in [-0.39, 0.29) is 10.8 Å². The number of nitrogens with two attached hydrogens (primary N) is 2. The van der Waals surface area contributed by atoms with Gasteiger partial charge in [-0.15, -0.1) is 0 Å². The molecule has 0 spiro atoms. The Labute approximate surface area is 155 Å². The summed E-state index contributed by atoms with van der Waals surface area (Å²) in [5, 5.41) is 5.33. The van der Waals surface area contributed by atoms with Crippen molar-refractivity contribution < 1.29 is 13.2 Å². The first-order valence-electron chi connectivity index (χ1n) is 8.18. The number of nitrogen functional groups attached to an aromatic ring is 1. The third-order valence-corrected chi connectivity index (χ3v) is 5.16. The van der Waals surface area contributed by atoms with E-state index in [2.05, 4.69) is 19.9 Å². The van der Waals surface area contributed by atoms with Gasteiger partial charge in [-0.3, -0.25) is 0 Å². The van der Waals surface area contributed by atoms with Crippen molar-refractivity contribution in [3.05, 3.63) is 30.5 Å². The summed E-state index contributed by atoms with van der Waals surface area (Å²) in [6, 6.07) is 6.36. The number of hydrogen-bond donors (Lipinski definition) is 2. The molecule has 2 aromatic heterocycles. The van der Waals surface area contributed by atoms with E-state index in [1.165, 1.54) is 12.3 Å². The lowest BCUT2D eigenvalue weighted by Crippen LogP contribution is -2.37. The highest BCUT2D eigenvalue weighted by atomic mass is 32.2. The predicted molar refractivity (Wildman–Crippen MR) is 99.4 cm³/mol. The lowest BCUT2D eigenvalue weighted by molar-refractivity contribution is 0.122. The number of hydrogen-bond acceptors (Lipinski definition) is 9. The van der Waals surface area contributed by atoms with Crippen molar-refractivity contribution in [1.29, 1.82) is 0 Å². The van der Waals surface area contributed by atoms with Crippen molar-refractivity contribution in [1.82, 2.24) is 19.9 Å². The van der Waals surface area contributed by atoms with E-state index in [0.717, 1.165) is 0 Å². The number of morpholine rings is 1. The molecule has 1 aliphatic rings. The smallest absolute Gasteiger partial charge is 0.238 e. The number of anilines is 2. The van der Waals surface area contributed by atoms with Crippen LogP contribution >= 0.6 is 0 Å². The van der Waals surface area contributed by atoms with Crippen LogP contribution in [-0.2, 0) is 14.8 Å². The zero-order chi connectivity index (χ0) is 19.0. The first-order chi connectivity index (χ1) is 12.9. The van der Waals surface area contributed by atoms with Crippen LogP contribution in [0.1, 0.15) is 0 Å². The van der Waals surface area contributed by atoms with Crippen molar-refractivity contribution in [2.75, 3.05) is 36.9 Å². The topological polar surface area (TPSA) is 150 Å². The minimum atomic E-state index is -3.92. The maximum Gasteiger partial charge on any atom is 0.238 e. The maximum absolute atomic E-state index is 11.9. The van der Waals surface area contributed by atoms with E-state index in [0.29, 0.717) is 54.5 Å². The van der Waals surface area contributed by atoms with Crippen LogP contribution in [0.2, 0.25) is 0 Å². The van der Waals surface area contributed by atoms with Crippen molar-refractivity contribution in [2.24, 2.45) is 5.14 Å². The van der Waals surface area contributed by atoms with Gasteiger partial charge in [0.25, 0.3) is 0 Å². The molecule has 0 radical (unpaired) electrons. The number of nitrogens with zero attached hydrogens (tertiary/aromatic N) is 5. The number of rotatable bonds is 3. The normalized spacial score (nSPS) is 15.2. The van der Waals surface area contributed by atoms with E-state index in [1.807, 2.05) is 4.90 Å². The standard InChI is InChI=1S/C16H17N7O3S/c17-16-21-14-13(15(22-16)23-5-7-26-8-6-23)20-11(9-19-14)10-3-1-2-4-12(10)27(18,24)25/h1-4,9H,5-8H2,(H2,18,24,25)(H2,17,19,21,22). The molecule has 1 aromatic carbocycles. The molecule has 1 saturated heterocycles. The number of sulfonamides is 1. The Hall–Kier alpha value is -2.89. The zero-order valence-corrected chi connectivity index (χ0v) is 15.1. The zero-order valence-electron chi connectivity index (χ0n) is 14.2. The van der Waals surface area contributed by atoms with Gasteiger partial charge in [-0.25, -0.2) is 23.5 Å². The summed E-state index contributed by atoms with van der Waals surface area (Å²) in [6.07, 6.45) is 1.45. The molecular weight excluding hydrogens is 370 g/mol. The fourth-order valence-corrected chi connectivity index (χ4v) is 3.71. The largest absolute Gasteiger partial charge is 0.378 e. The van der Waals surface area contributed by atoms with Gasteiger partial charge in [-0.1, -0.05) is 18.2 Å². The fourth-order valence-electron chi connectivity index (χ4n) is 2.96. The average Bonchev–Trinajstić information content (AvgIpc) is 2.67. The van der Waals surface area contributed by atoms with Crippen LogP contribution in [0.4, 0.5) is 11.8 Å². The van der Waals surface area contributed by atoms with Crippen molar-refractivity contribution in [3.63, 3.8) is 0 Å². The summed E-state index contributed by atoms with van der Waals surface area (Å²) in [7, 11) is -3.92. The second-order valence-corrected chi connectivity index (χ2v) is 7.50. The summed E-state index contributed by atoms with van der Waals surface area (Å²) in [5.41, 5.74) is 7.31. The lowest BCUT2D eigenvalue weighted by Gasteiger charge is -2.28. The molecule has 0 bridgehead atoms. The molecule has 1 fully saturated rings. The third kappa shape index (κ3) is 3.39. The predicted octanol–water partition coefficient (Wildman–Crippen LogP) is 0.153. The Morgan fingerprint density at radius 3 is 2.56 bits per heavy atom. The van der Waals surface area contributed by atoms with Crippen molar-refractivity contribution in [3.8, 4) is 11.3 Å². The van der Waals surface area contributed by atoms with E-state index in [4.69, 9.17) is 15.6 Å². The van der Waals surface area contributed by atoms with Crippen LogP contribution in [0.5, 0.6) is 0 Å². The first kappa shape index (κ1) is 17.5. The Morgan fingerprint density at radius 2 is 1.81 bits per heavy atom. The molecule has 0 saturated carbocycles. The highest BCUT2D eigenvalue weighted by Crippen LogP contribution is 2.28. The van der Waals surface area contributed by atoms with Crippen LogP contribution in [0.15, 0.2) is 35.4 Å². The van der Waals surface area contributed by atoms with Gasteiger partial charge >= 0.3 is 0 Å². The van der Waals surface area contributed by atoms with Crippen LogP contribution in [0.3, 0.4) is 0 Å². The second-order valence-electron chi connectivity index (χ2n) is 5.97. The molecule has 27 heavy (non-hydrogen) atoms. The average molecular weight is 387 g/mol. The number of aromatic nitrogens is 4. The fraction of sp³-hybridized carbons (Fsp3) is 0.250. The highest BCUT2D eigenvalue weighted by Gasteiger charge is 2.21. The molecule has 140 valence electrons. The van der Waals surface area contributed by atoms with Crippen LogP contribution < -0.4 is 15.8 Å². The molecule has 4 rings (SSSR count). The monoisotopic (exact) mass is 387 g/mol. The molecule has 11 heteroatoms. The van der Waals surface area contributed by atoms with E-state index >= 15 is 0 Å². The first-order valence-corrected chi connectivity index (χ1v) is 9.73.